The quantitative estimate of drug-likeness (QED) is 0.860. The van der Waals surface area contributed by atoms with Crippen LogP contribution < -0.4 is 5.32 Å². The molecule has 1 heterocycles. The number of rotatable bonds is 3. The summed E-state index contributed by atoms with van der Waals surface area (Å²) in [6.07, 6.45) is 4.53. The highest BCUT2D eigenvalue weighted by atomic mass is 16.3. The molecular formula is C16H25NO. The Balaban J connectivity index is 2.16. The van der Waals surface area contributed by atoms with E-state index in [0.717, 1.165) is 18.5 Å². The average molecular weight is 247 g/mol. The molecule has 1 aromatic carbocycles. The second-order valence-electron chi connectivity index (χ2n) is 5.87. The standard InChI is InChI=1S/C16H25NO/c1-12-7-6-9-15(13(12)2)16(3,18)11-14-8-4-5-10-17-14/h6-7,9,14,17-18H,4-5,8,10-11H2,1-3H3. The third kappa shape index (κ3) is 2.93. The minimum Gasteiger partial charge on any atom is -0.385 e. The van der Waals surface area contributed by atoms with Gasteiger partial charge in [-0.15, -0.1) is 0 Å². The van der Waals surface area contributed by atoms with Crippen molar-refractivity contribution >= 4 is 0 Å². The first-order valence-corrected chi connectivity index (χ1v) is 7.03. The molecule has 2 heteroatoms. The van der Waals surface area contributed by atoms with Crippen LogP contribution in [0.5, 0.6) is 0 Å². The van der Waals surface area contributed by atoms with Gasteiger partial charge in [0.25, 0.3) is 0 Å². The van der Waals surface area contributed by atoms with Gasteiger partial charge in [-0.05, 0) is 63.3 Å². The zero-order chi connectivity index (χ0) is 13.2. The molecule has 0 amide bonds. The lowest BCUT2D eigenvalue weighted by Crippen LogP contribution is -2.40. The van der Waals surface area contributed by atoms with Crippen LogP contribution in [-0.2, 0) is 5.60 Å². The maximum Gasteiger partial charge on any atom is 0.0886 e. The molecule has 100 valence electrons. The Morgan fingerprint density at radius 1 is 1.33 bits per heavy atom. The van der Waals surface area contributed by atoms with Crippen LogP contribution in [0.2, 0.25) is 0 Å². The van der Waals surface area contributed by atoms with Gasteiger partial charge in [0, 0.05) is 6.04 Å². The van der Waals surface area contributed by atoms with Crippen molar-refractivity contribution in [2.45, 2.75) is 58.1 Å². The first kappa shape index (κ1) is 13.6. The van der Waals surface area contributed by atoms with Crippen LogP contribution >= 0.6 is 0 Å². The largest absolute Gasteiger partial charge is 0.385 e. The summed E-state index contributed by atoms with van der Waals surface area (Å²) in [5, 5.41) is 14.3. The molecular weight excluding hydrogens is 222 g/mol. The van der Waals surface area contributed by atoms with E-state index in [4.69, 9.17) is 0 Å². The number of aliphatic hydroxyl groups is 1. The van der Waals surface area contributed by atoms with Crippen LogP contribution in [0.1, 0.15) is 49.3 Å². The SMILES string of the molecule is Cc1cccc(C(C)(O)CC2CCCCN2)c1C. The molecule has 1 saturated heterocycles. The molecule has 2 atom stereocenters. The fraction of sp³-hybridized carbons (Fsp3) is 0.625. The molecule has 0 aliphatic carbocycles. The monoisotopic (exact) mass is 247 g/mol. The van der Waals surface area contributed by atoms with Gasteiger partial charge in [-0.2, -0.15) is 0 Å². The van der Waals surface area contributed by atoms with Gasteiger partial charge in [-0.3, -0.25) is 0 Å². The van der Waals surface area contributed by atoms with Crippen molar-refractivity contribution in [3.8, 4) is 0 Å². The minimum atomic E-state index is -0.731. The molecule has 2 unspecified atom stereocenters. The number of nitrogens with one attached hydrogen (secondary N) is 1. The van der Waals surface area contributed by atoms with Crippen molar-refractivity contribution < 1.29 is 5.11 Å². The van der Waals surface area contributed by atoms with Crippen molar-refractivity contribution in [1.29, 1.82) is 0 Å². The lowest BCUT2D eigenvalue weighted by atomic mass is 9.83. The number of hydrogen-bond acceptors (Lipinski definition) is 2. The molecule has 1 aliphatic heterocycles. The Labute approximate surface area is 110 Å². The molecule has 2 nitrogen and oxygen atoms in total. The van der Waals surface area contributed by atoms with Gasteiger partial charge in [0.15, 0.2) is 0 Å². The van der Waals surface area contributed by atoms with E-state index in [1.807, 2.05) is 13.0 Å². The van der Waals surface area contributed by atoms with Crippen LogP contribution in [0, 0.1) is 13.8 Å². The summed E-state index contributed by atoms with van der Waals surface area (Å²) >= 11 is 0. The van der Waals surface area contributed by atoms with Crippen LogP contribution in [0.4, 0.5) is 0 Å². The number of aryl methyl sites for hydroxylation is 1. The lowest BCUT2D eigenvalue weighted by Gasteiger charge is -2.33. The van der Waals surface area contributed by atoms with Gasteiger partial charge in [0.1, 0.15) is 0 Å². The molecule has 2 rings (SSSR count). The number of benzene rings is 1. The van der Waals surface area contributed by atoms with Crippen molar-refractivity contribution in [2.75, 3.05) is 6.54 Å². The van der Waals surface area contributed by atoms with Crippen molar-refractivity contribution in [3.05, 3.63) is 34.9 Å². The average Bonchev–Trinajstić information content (AvgIpc) is 2.33. The Bertz CT molecular complexity index is 406. The van der Waals surface area contributed by atoms with Gasteiger partial charge in [0.05, 0.1) is 5.60 Å². The summed E-state index contributed by atoms with van der Waals surface area (Å²) in [6.45, 7) is 7.25. The van der Waals surface area contributed by atoms with Gasteiger partial charge in [0.2, 0.25) is 0 Å². The second-order valence-corrected chi connectivity index (χ2v) is 5.87. The van der Waals surface area contributed by atoms with E-state index in [1.165, 1.54) is 30.4 Å². The molecule has 1 fully saturated rings. The van der Waals surface area contributed by atoms with Crippen molar-refractivity contribution in [1.82, 2.24) is 5.32 Å². The molecule has 1 aromatic rings. The van der Waals surface area contributed by atoms with E-state index >= 15 is 0 Å². The Hall–Kier alpha value is -0.860. The van der Waals surface area contributed by atoms with Gasteiger partial charge in [-0.1, -0.05) is 24.6 Å². The summed E-state index contributed by atoms with van der Waals surface area (Å²) in [7, 11) is 0. The fourth-order valence-corrected chi connectivity index (χ4v) is 3.02. The third-order valence-corrected chi connectivity index (χ3v) is 4.24. The molecule has 0 spiro atoms. The van der Waals surface area contributed by atoms with Crippen molar-refractivity contribution in [2.24, 2.45) is 0 Å². The Morgan fingerprint density at radius 2 is 2.11 bits per heavy atom. The zero-order valence-electron chi connectivity index (χ0n) is 11.8. The molecule has 2 N–H and O–H groups in total. The van der Waals surface area contributed by atoms with Crippen LogP contribution in [0.3, 0.4) is 0 Å². The van der Waals surface area contributed by atoms with Gasteiger partial charge >= 0.3 is 0 Å². The molecule has 0 radical (unpaired) electrons. The summed E-state index contributed by atoms with van der Waals surface area (Å²) in [4.78, 5) is 0. The second kappa shape index (κ2) is 5.41. The van der Waals surface area contributed by atoms with Gasteiger partial charge in [-0.25, -0.2) is 0 Å². The third-order valence-electron chi connectivity index (χ3n) is 4.24. The van der Waals surface area contributed by atoms with Crippen LogP contribution in [-0.4, -0.2) is 17.7 Å². The number of piperidine rings is 1. The highest BCUT2D eigenvalue weighted by molar-refractivity contribution is 5.36. The molecule has 0 aromatic heterocycles. The highest BCUT2D eigenvalue weighted by Gasteiger charge is 2.29. The fourth-order valence-electron chi connectivity index (χ4n) is 3.02. The normalized spacial score (nSPS) is 23.7. The first-order valence-electron chi connectivity index (χ1n) is 7.03. The van der Waals surface area contributed by atoms with Crippen molar-refractivity contribution in [3.63, 3.8) is 0 Å². The Kier molecular flexibility index (Phi) is 4.08. The molecule has 0 bridgehead atoms. The van der Waals surface area contributed by atoms with Crippen LogP contribution in [0.25, 0.3) is 0 Å². The van der Waals surface area contributed by atoms with E-state index in [9.17, 15) is 5.11 Å². The van der Waals surface area contributed by atoms with E-state index < -0.39 is 5.60 Å². The lowest BCUT2D eigenvalue weighted by molar-refractivity contribution is 0.0326. The maximum absolute atomic E-state index is 10.8. The van der Waals surface area contributed by atoms with Crippen LogP contribution in [0.15, 0.2) is 18.2 Å². The van der Waals surface area contributed by atoms with Gasteiger partial charge < -0.3 is 10.4 Å². The number of hydrogen-bond donors (Lipinski definition) is 2. The summed E-state index contributed by atoms with van der Waals surface area (Å²) < 4.78 is 0. The summed E-state index contributed by atoms with van der Waals surface area (Å²) in [5.41, 5.74) is 2.82. The smallest absolute Gasteiger partial charge is 0.0886 e. The molecule has 1 aliphatic rings. The van der Waals surface area contributed by atoms with E-state index in [1.54, 1.807) is 0 Å². The molecule has 18 heavy (non-hydrogen) atoms. The van der Waals surface area contributed by atoms with E-state index in [-0.39, 0.29) is 0 Å². The van der Waals surface area contributed by atoms with E-state index in [0.29, 0.717) is 6.04 Å². The first-order chi connectivity index (χ1) is 8.50. The summed E-state index contributed by atoms with van der Waals surface area (Å²) in [5.74, 6) is 0. The topological polar surface area (TPSA) is 32.3 Å². The predicted molar refractivity (Wildman–Crippen MR) is 75.7 cm³/mol. The summed E-state index contributed by atoms with van der Waals surface area (Å²) in [6, 6.07) is 6.66. The van der Waals surface area contributed by atoms with E-state index in [2.05, 4.69) is 31.3 Å². The Morgan fingerprint density at radius 3 is 2.78 bits per heavy atom. The highest BCUT2D eigenvalue weighted by Crippen LogP contribution is 2.31. The zero-order valence-corrected chi connectivity index (χ0v) is 11.8. The maximum atomic E-state index is 10.8. The molecule has 0 saturated carbocycles. The minimum absolute atomic E-state index is 0.452. The predicted octanol–water partition coefficient (Wildman–Crippen LogP) is 3.04.